The monoisotopic (exact) mass is 370 g/mol. The van der Waals surface area contributed by atoms with E-state index >= 15 is 0 Å². The Morgan fingerprint density at radius 3 is 1.15 bits per heavy atom. The highest BCUT2D eigenvalue weighted by Crippen LogP contribution is 2.10. The molecule has 9 heteroatoms. The minimum atomic E-state index is -0.378. The SMILES string of the molecule is CC.CC.CC.CCC(=O)Nc1nc(NC(C)=O)nc(NC(=O)CC)n1. The molecule has 9 nitrogen and oxygen atoms in total. The van der Waals surface area contributed by atoms with Gasteiger partial charge in [0.25, 0.3) is 0 Å². The molecule has 0 aromatic carbocycles. The fourth-order valence-electron chi connectivity index (χ4n) is 1.13. The smallest absolute Gasteiger partial charge is 0.236 e. The van der Waals surface area contributed by atoms with Crippen molar-refractivity contribution in [2.24, 2.45) is 0 Å². The summed E-state index contributed by atoms with van der Waals surface area (Å²) < 4.78 is 0. The van der Waals surface area contributed by atoms with Gasteiger partial charge >= 0.3 is 0 Å². The number of carbonyl (C=O) groups is 3. The van der Waals surface area contributed by atoms with Crippen molar-refractivity contribution < 1.29 is 14.4 Å². The van der Waals surface area contributed by atoms with E-state index in [4.69, 9.17) is 0 Å². The number of hydrogen-bond donors (Lipinski definition) is 3. The third-order valence-electron chi connectivity index (χ3n) is 2.07. The van der Waals surface area contributed by atoms with E-state index in [2.05, 4.69) is 30.9 Å². The van der Waals surface area contributed by atoms with E-state index in [1.54, 1.807) is 13.8 Å². The van der Waals surface area contributed by atoms with Crippen molar-refractivity contribution in [3.8, 4) is 0 Å². The summed E-state index contributed by atoms with van der Waals surface area (Å²) in [5.74, 6) is -1.10. The van der Waals surface area contributed by atoms with Crippen molar-refractivity contribution in [3.63, 3.8) is 0 Å². The molecule has 0 unspecified atom stereocenters. The number of carbonyl (C=O) groups excluding carboxylic acids is 3. The first-order chi connectivity index (χ1) is 12.4. The largest absolute Gasteiger partial charge is 0.295 e. The van der Waals surface area contributed by atoms with Crippen LogP contribution in [0.1, 0.15) is 75.2 Å². The highest BCUT2D eigenvalue weighted by Gasteiger charge is 2.11. The van der Waals surface area contributed by atoms with Crippen LogP contribution in [-0.2, 0) is 14.4 Å². The Hall–Kier alpha value is -2.58. The lowest BCUT2D eigenvalue weighted by atomic mass is 10.4. The maximum absolute atomic E-state index is 11.3. The second kappa shape index (κ2) is 18.8. The van der Waals surface area contributed by atoms with Crippen molar-refractivity contribution >= 4 is 35.6 Å². The summed E-state index contributed by atoms with van der Waals surface area (Å²) in [5, 5.41) is 7.23. The van der Waals surface area contributed by atoms with Crippen LogP contribution in [0.4, 0.5) is 17.8 Å². The molecule has 0 bridgehead atoms. The van der Waals surface area contributed by atoms with Gasteiger partial charge in [-0.05, 0) is 0 Å². The molecule has 1 aromatic rings. The van der Waals surface area contributed by atoms with Crippen molar-refractivity contribution in [2.45, 2.75) is 75.2 Å². The molecule has 1 rings (SSSR count). The van der Waals surface area contributed by atoms with Gasteiger partial charge in [0.05, 0.1) is 0 Å². The summed E-state index contributed by atoms with van der Waals surface area (Å²) in [6.45, 7) is 16.6. The molecule has 1 heterocycles. The van der Waals surface area contributed by atoms with Gasteiger partial charge in [-0.25, -0.2) is 0 Å². The van der Waals surface area contributed by atoms with Crippen molar-refractivity contribution in [1.29, 1.82) is 0 Å². The summed E-state index contributed by atoms with van der Waals surface area (Å²) >= 11 is 0. The van der Waals surface area contributed by atoms with Crippen LogP contribution >= 0.6 is 0 Å². The molecule has 1 aromatic heterocycles. The Bertz CT molecular complexity index is 499. The van der Waals surface area contributed by atoms with Crippen LogP contribution in [0.3, 0.4) is 0 Å². The van der Waals surface area contributed by atoms with Crippen molar-refractivity contribution in [3.05, 3.63) is 0 Å². The Labute approximate surface area is 156 Å². The van der Waals surface area contributed by atoms with E-state index in [-0.39, 0.29) is 48.4 Å². The molecule has 3 amide bonds. The fourth-order valence-corrected chi connectivity index (χ4v) is 1.13. The minimum Gasteiger partial charge on any atom is -0.295 e. The molecule has 0 saturated heterocycles. The minimum absolute atomic E-state index is 0.0398. The van der Waals surface area contributed by atoms with Gasteiger partial charge in [0, 0.05) is 19.8 Å². The highest BCUT2D eigenvalue weighted by molar-refractivity contribution is 5.91. The Morgan fingerprint density at radius 1 is 0.654 bits per heavy atom. The van der Waals surface area contributed by atoms with Crippen LogP contribution < -0.4 is 16.0 Å². The van der Waals surface area contributed by atoms with E-state index < -0.39 is 0 Å². The molecule has 0 aliphatic carbocycles. The average molecular weight is 370 g/mol. The standard InChI is InChI=1S/C11H16N6O3.3C2H6/c1-4-7(19)13-10-15-9(12-6(3)18)16-11(17-10)14-8(20)5-2;3*1-2/h4-5H2,1-3H3,(H3,12,13,14,15,16,17,18,19,20);3*1-2H3. The zero-order valence-corrected chi connectivity index (χ0v) is 17.5. The van der Waals surface area contributed by atoms with Crippen LogP contribution in [0.25, 0.3) is 0 Å². The van der Waals surface area contributed by atoms with Crippen LogP contribution in [0, 0.1) is 0 Å². The number of hydrogen-bond acceptors (Lipinski definition) is 6. The van der Waals surface area contributed by atoms with Gasteiger partial charge in [-0.3, -0.25) is 30.3 Å². The number of aromatic nitrogens is 3. The fraction of sp³-hybridized carbons (Fsp3) is 0.647. The van der Waals surface area contributed by atoms with Crippen LogP contribution in [0.2, 0.25) is 0 Å². The predicted molar refractivity (Wildman–Crippen MR) is 106 cm³/mol. The first-order valence-corrected chi connectivity index (χ1v) is 9.08. The van der Waals surface area contributed by atoms with Gasteiger partial charge in [-0.1, -0.05) is 55.4 Å². The summed E-state index contributed by atoms with van der Waals surface area (Å²) in [7, 11) is 0. The summed E-state index contributed by atoms with van der Waals surface area (Å²) in [6, 6.07) is 0. The third kappa shape index (κ3) is 13.8. The summed E-state index contributed by atoms with van der Waals surface area (Å²) in [5.41, 5.74) is 0. The van der Waals surface area contributed by atoms with E-state index in [1.165, 1.54) is 6.92 Å². The normalized spacial score (nSPS) is 8.19. The quantitative estimate of drug-likeness (QED) is 0.727. The van der Waals surface area contributed by atoms with Gasteiger partial charge in [0.15, 0.2) is 0 Å². The number of nitrogens with one attached hydrogen (secondary N) is 3. The molecule has 0 fully saturated rings. The molecule has 150 valence electrons. The van der Waals surface area contributed by atoms with E-state index in [0.717, 1.165) is 0 Å². The second-order valence-corrected chi connectivity index (χ2v) is 3.79. The third-order valence-corrected chi connectivity index (χ3v) is 2.07. The van der Waals surface area contributed by atoms with Gasteiger partial charge in [0.1, 0.15) is 0 Å². The Morgan fingerprint density at radius 2 is 0.923 bits per heavy atom. The van der Waals surface area contributed by atoms with Gasteiger partial charge in [-0.15, -0.1) is 0 Å². The van der Waals surface area contributed by atoms with Crippen LogP contribution in [-0.4, -0.2) is 32.7 Å². The highest BCUT2D eigenvalue weighted by atomic mass is 16.2. The molecule has 3 N–H and O–H groups in total. The maximum Gasteiger partial charge on any atom is 0.236 e. The number of amides is 3. The van der Waals surface area contributed by atoms with E-state index in [9.17, 15) is 14.4 Å². The second-order valence-electron chi connectivity index (χ2n) is 3.79. The molecule has 26 heavy (non-hydrogen) atoms. The first kappa shape index (κ1) is 28.2. The predicted octanol–water partition coefficient (Wildman–Crippen LogP) is 3.61. The topological polar surface area (TPSA) is 126 Å². The van der Waals surface area contributed by atoms with Crippen molar-refractivity contribution in [2.75, 3.05) is 16.0 Å². The molecule has 0 spiro atoms. The molecular weight excluding hydrogens is 336 g/mol. The van der Waals surface area contributed by atoms with E-state index in [1.807, 2.05) is 41.5 Å². The lowest BCUT2D eigenvalue weighted by molar-refractivity contribution is -0.116. The molecule has 0 saturated carbocycles. The molecule has 0 radical (unpaired) electrons. The molecular formula is C17H34N6O3. The lowest BCUT2D eigenvalue weighted by Gasteiger charge is -2.08. The number of anilines is 3. The van der Waals surface area contributed by atoms with Crippen LogP contribution in [0.15, 0.2) is 0 Å². The Balaban J connectivity index is -0.000000795. The first-order valence-electron chi connectivity index (χ1n) is 9.08. The number of nitrogens with zero attached hydrogens (tertiary/aromatic N) is 3. The average Bonchev–Trinajstić information content (AvgIpc) is 2.65. The number of rotatable bonds is 5. The molecule has 0 aliphatic rings. The summed E-state index contributed by atoms with van der Waals surface area (Å²) in [4.78, 5) is 45.2. The van der Waals surface area contributed by atoms with Gasteiger partial charge < -0.3 is 0 Å². The maximum atomic E-state index is 11.3. The summed E-state index contributed by atoms with van der Waals surface area (Å²) in [6.07, 6.45) is 0.496. The molecule has 0 aliphatic heterocycles. The van der Waals surface area contributed by atoms with Gasteiger partial charge in [-0.2, -0.15) is 15.0 Å². The zero-order chi connectivity index (χ0) is 21.1. The van der Waals surface area contributed by atoms with Crippen LogP contribution in [0.5, 0.6) is 0 Å². The Kier molecular flexibility index (Phi) is 20.4. The zero-order valence-electron chi connectivity index (χ0n) is 17.5. The lowest BCUT2D eigenvalue weighted by Crippen LogP contribution is -2.19. The van der Waals surface area contributed by atoms with Gasteiger partial charge in [0.2, 0.25) is 35.6 Å². The van der Waals surface area contributed by atoms with Crippen molar-refractivity contribution in [1.82, 2.24) is 15.0 Å². The molecule has 0 atom stereocenters. The van der Waals surface area contributed by atoms with E-state index in [0.29, 0.717) is 0 Å².